The number of ether oxygens (including phenoxy) is 1. The van der Waals surface area contributed by atoms with Crippen LogP contribution in [0.1, 0.15) is 44.6 Å². The van der Waals surface area contributed by atoms with Gasteiger partial charge in [0.15, 0.2) is 0 Å². The molecule has 0 aliphatic rings. The van der Waals surface area contributed by atoms with E-state index in [-0.39, 0.29) is 0 Å². The Bertz CT molecular complexity index is 392. The summed E-state index contributed by atoms with van der Waals surface area (Å²) < 4.78 is 5.74. The lowest BCUT2D eigenvalue weighted by Crippen LogP contribution is -2.03. The largest absolute Gasteiger partial charge is 0.493 e. The van der Waals surface area contributed by atoms with Crippen LogP contribution in [0.5, 0.6) is 5.75 Å². The van der Waals surface area contributed by atoms with Gasteiger partial charge in [-0.15, -0.1) is 12.3 Å². The highest BCUT2D eigenvalue weighted by Gasteiger charge is 2.14. The number of halogens is 1. The quantitative estimate of drug-likeness (QED) is 0.668. The Morgan fingerprint density at radius 1 is 1.41 bits per heavy atom. The van der Waals surface area contributed by atoms with Crippen LogP contribution in [0.3, 0.4) is 0 Å². The van der Waals surface area contributed by atoms with Gasteiger partial charge in [0.05, 0.1) is 6.61 Å². The van der Waals surface area contributed by atoms with Gasteiger partial charge in [0.25, 0.3) is 0 Å². The molecule has 1 unspecified atom stereocenters. The van der Waals surface area contributed by atoms with Crippen LogP contribution in [0.4, 0.5) is 0 Å². The van der Waals surface area contributed by atoms with Crippen LogP contribution in [0.2, 0.25) is 5.02 Å². The third kappa shape index (κ3) is 3.98. The van der Waals surface area contributed by atoms with Gasteiger partial charge in [-0.1, -0.05) is 25.4 Å². The van der Waals surface area contributed by atoms with Gasteiger partial charge in [0, 0.05) is 11.4 Å². The minimum Gasteiger partial charge on any atom is -0.493 e. The summed E-state index contributed by atoms with van der Waals surface area (Å²) in [5, 5.41) is 0.735. The molecule has 92 valence electrons. The number of terminal acetylenes is 1. The van der Waals surface area contributed by atoms with Gasteiger partial charge in [-0.2, -0.15) is 0 Å². The topological polar surface area (TPSA) is 9.23 Å². The average molecular weight is 251 g/mol. The molecule has 0 heterocycles. The zero-order valence-corrected chi connectivity index (χ0v) is 11.3. The molecule has 1 aromatic carbocycles. The van der Waals surface area contributed by atoms with E-state index in [9.17, 15) is 0 Å². The monoisotopic (exact) mass is 250 g/mol. The maximum absolute atomic E-state index is 6.04. The summed E-state index contributed by atoms with van der Waals surface area (Å²) in [6.07, 6.45) is 8.12. The highest BCUT2D eigenvalue weighted by atomic mass is 35.5. The van der Waals surface area contributed by atoms with Crippen LogP contribution >= 0.6 is 11.6 Å². The Hall–Kier alpha value is -1.13. The van der Waals surface area contributed by atoms with E-state index in [0.717, 1.165) is 42.2 Å². The maximum atomic E-state index is 6.04. The van der Waals surface area contributed by atoms with Gasteiger partial charge >= 0.3 is 0 Å². The first-order chi connectivity index (χ1) is 8.22. The lowest BCUT2D eigenvalue weighted by Gasteiger charge is -2.17. The first-order valence-corrected chi connectivity index (χ1v) is 6.46. The van der Waals surface area contributed by atoms with E-state index in [1.807, 2.05) is 18.2 Å². The molecule has 0 aromatic heterocycles. The predicted octanol–water partition coefficient (Wildman–Crippen LogP) is 4.65. The molecule has 2 heteroatoms. The smallest absolute Gasteiger partial charge is 0.122 e. The van der Waals surface area contributed by atoms with Gasteiger partial charge in [-0.25, -0.2) is 0 Å². The van der Waals surface area contributed by atoms with E-state index in [2.05, 4.69) is 19.8 Å². The van der Waals surface area contributed by atoms with Crippen LogP contribution in [0, 0.1) is 12.3 Å². The van der Waals surface area contributed by atoms with E-state index >= 15 is 0 Å². The van der Waals surface area contributed by atoms with E-state index in [1.165, 1.54) is 0 Å². The van der Waals surface area contributed by atoms with Crippen LogP contribution in [-0.4, -0.2) is 6.61 Å². The Balaban J connectivity index is 3.00. The Morgan fingerprint density at radius 2 is 2.18 bits per heavy atom. The van der Waals surface area contributed by atoms with Crippen LogP contribution in [0.25, 0.3) is 0 Å². The Labute approximate surface area is 109 Å². The minimum atomic E-state index is 0.325. The molecule has 0 spiro atoms. The molecule has 0 aliphatic heterocycles. The van der Waals surface area contributed by atoms with E-state index in [1.54, 1.807) is 0 Å². The van der Waals surface area contributed by atoms with Gasteiger partial charge in [-0.3, -0.25) is 0 Å². The fraction of sp³-hybridized carbons (Fsp3) is 0.467. The summed E-state index contributed by atoms with van der Waals surface area (Å²) in [4.78, 5) is 0. The van der Waals surface area contributed by atoms with Crippen molar-refractivity contribution in [2.24, 2.45) is 0 Å². The second kappa shape index (κ2) is 7.25. The first-order valence-electron chi connectivity index (χ1n) is 6.08. The maximum Gasteiger partial charge on any atom is 0.122 e. The molecule has 17 heavy (non-hydrogen) atoms. The van der Waals surface area contributed by atoms with Crippen LogP contribution in [0.15, 0.2) is 18.2 Å². The van der Waals surface area contributed by atoms with Crippen LogP contribution in [-0.2, 0) is 0 Å². The molecule has 0 saturated carbocycles. The van der Waals surface area contributed by atoms with Crippen molar-refractivity contribution < 1.29 is 4.74 Å². The second-order valence-electron chi connectivity index (χ2n) is 4.04. The summed E-state index contributed by atoms with van der Waals surface area (Å²) >= 11 is 6.04. The molecule has 0 fully saturated rings. The average Bonchev–Trinajstić information content (AvgIpc) is 2.34. The summed E-state index contributed by atoms with van der Waals surface area (Å²) in [6, 6.07) is 5.77. The first kappa shape index (κ1) is 13.9. The van der Waals surface area contributed by atoms with Crippen molar-refractivity contribution in [3.8, 4) is 18.1 Å². The zero-order valence-electron chi connectivity index (χ0n) is 10.5. The lowest BCUT2D eigenvalue weighted by molar-refractivity contribution is 0.312. The highest BCUT2D eigenvalue weighted by molar-refractivity contribution is 6.30. The lowest BCUT2D eigenvalue weighted by atomic mass is 9.93. The van der Waals surface area contributed by atoms with Crippen molar-refractivity contribution in [2.75, 3.05) is 6.61 Å². The van der Waals surface area contributed by atoms with Crippen molar-refractivity contribution in [1.82, 2.24) is 0 Å². The highest BCUT2D eigenvalue weighted by Crippen LogP contribution is 2.33. The van der Waals surface area contributed by atoms with Crippen molar-refractivity contribution in [3.63, 3.8) is 0 Å². The number of hydrogen-bond acceptors (Lipinski definition) is 1. The van der Waals surface area contributed by atoms with Crippen LogP contribution < -0.4 is 4.74 Å². The summed E-state index contributed by atoms with van der Waals surface area (Å²) in [6.45, 7) is 4.95. The Kier molecular flexibility index (Phi) is 5.94. The molecule has 1 aromatic rings. The third-order valence-electron chi connectivity index (χ3n) is 2.73. The summed E-state index contributed by atoms with van der Waals surface area (Å²) in [5.41, 5.74) is 1.13. The molecular weight excluding hydrogens is 232 g/mol. The summed E-state index contributed by atoms with van der Waals surface area (Å²) in [5.74, 6) is 3.96. The zero-order chi connectivity index (χ0) is 12.7. The molecule has 0 radical (unpaired) electrons. The number of benzene rings is 1. The van der Waals surface area contributed by atoms with Gasteiger partial charge in [0.2, 0.25) is 0 Å². The van der Waals surface area contributed by atoms with Gasteiger partial charge < -0.3 is 4.74 Å². The molecule has 1 rings (SSSR count). The third-order valence-corrected chi connectivity index (χ3v) is 2.97. The van der Waals surface area contributed by atoms with Crippen molar-refractivity contribution in [2.45, 2.75) is 39.0 Å². The van der Waals surface area contributed by atoms with E-state index in [4.69, 9.17) is 22.8 Å². The molecule has 1 nitrogen and oxygen atoms in total. The number of rotatable bonds is 6. The fourth-order valence-electron chi connectivity index (χ4n) is 1.80. The fourth-order valence-corrected chi connectivity index (χ4v) is 1.98. The van der Waals surface area contributed by atoms with Crippen molar-refractivity contribution in [3.05, 3.63) is 28.8 Å². The van der Waals surface area contributed by atoms with E-state index in [0.29, 0.717) is 5.92 Å². The van der Waals surface area contributed by atoms with Gasteiger partial charge in [-0.05, 0) is 42.5 Å². The minimum absolute atomic E-state index is 0.325. The van der Waals surface area contributed by atoms with E-state index < -0.39 is 0 Å². The SMILES string of the molecule is C#CCC(CC)c1cc(Cl)ccc1OCCC. The van der Waals surface area contributed by atoms with Crippen molar-refractivity contribution in [1.29, 1.82) is 0 Å². The predicted molar refractivity (Wildman–Crippen MR) is 73.7 cm³/mol. The molecule has 0 bridgehead atoms. The molecule has 0 amide bonds. The molecule has 1 atom stereocenters. The standard InChI is InChI=1S/C15H19ClO/c1-4-7-12(6-3)14-11-13(16)8-9-15(14)17-10-5-2/h1,8-9,11-12H,5-7,10H2,2-3H3. The Morgan fingerprint density at radius 3 is 2.76 bits per heavy atom. The molecule has 0 N–H and O–H groups in total. The van der Waals surface area contributed by atoms with Gasteiger partial charge in [0.1, 0.15) is 5.75 Å². The normalized spacial score (nSPS) is 11.9. The number of hydrogen-bond donors (Lipinski definition) is 0. The second-order valence-corrected chi connectivity index (χ2v) is 4.48. The molecule has 0 aliphatic carbocycles. The molecular formula is C15H19ClO. The van der Waals surface area contributed by atoms with Crippen molar-refractivity contribution >= 4 is 11.6 Å². The summed E-state index contributed by atoms with van der Waals surface area (Å²) in [7, 11) is 0. The molecule has 0 saturated heterocycles.